The third-order valence-corrected chi connectivity index (χ3v) is 15.9. The van der Waals surface area contributed by atoms with Gasteiger partial charge in [0.25, 0.3) is 0 Å². The maximum atomic E-state index is 11.6. The molecule has 0 atom stereocenters. The van der Waals surface area contributed by atoms with E-state index in [-0.39, 0.29) is 0 Å². The Morgan fingerprint density at radius 1 is 0.290 bits per heavy atom. The third-order valence-electron chi connectivity index (χ3n) is 14.5. The van der Waals surface area contributed by atoms with Crippen molar-refractivity contribution in [3.05, 3.63) is 87.5 Å². The van der Waals surface area contributed by atoms with E-state index in [2.05, 4.69) is 90.1 Å². The van der Waals surface area contributed by atoms with Gasteiger partial charge in [0.05, 0.1) is 0 Å². The van der Waals surface area contributed by atoms with Crippen LogP contribution in [-0.2, 0) is 40.1 Å². The van der Waals surface area contributed by atoms with Crippen LogP contribution in [0.5, 0.6) is 0 Å². The van der Waals surface area contributed by atoms with Crippen molar-refractivity contribution in [3.8, 4) is 0 Å². The van der Waals surface area contributed by atoms with Gasteiger partial charge in [-0.3, -0.25) is 0 Å². The van der Waals surface area contributed by atoms with Crippen molar-refractivity contribution in [2.45, 2.75) is 322 Å². The fraction of sp³-hybridized carbons (Fsp3) is 0.758. The van der Waals surface area contributed by atoms with Gasteiger partial charge in [0.2, 0.25) is 11.4 Å². The number of hydrogen-bond acceptors (Lipinski definition) is 0. The van der Waals surface area contributed by atoms with Crippen LogP contribution in [0.25, 0.3) is 16.9 Å². The zero-order chi connectivity index (χ0) is 49.7. The molecule has 0 spiro atoms. The molecule has 398 valence electrons. The average molecular weight is 994 g/mol. The summed E-state index contributed by atoms with van der Waals surface area (Å²) in [6, 6.07) is 14.2. The molecule has 3 heteroatoms. The molecule has 2 aromatic carbocycles. The van der Waals surface area contributed by atoms with E-state index in [1.165, 1.54) is 282 Å². The molecule has 0 radical (unpaired) electrons. The standard InChI is InChI=1S/C40H60N2.2C13H27.Ni/c1-5-9-13-17-21-33-27-34(22-18-14-10-6-2)30-37(29-33)39-25-26-40(42(39)41)38-31-35(23-19-15-11-7-3)28-36(32-38)24-20-16-12-8-4;2*1-3-5-7-9-11-13-12-10-8-6-4-2;/h25-32H,5-24H2,1-4H3;2*1,3-13H2,2H3;. The van der Waals surface area contributed by atoms with Gasteiger partial charge in [0.1, 0.15) is 0 Å². The fourth-order valence-corrected chi connectivity index (χ4v) is 11.2. The van der Waals surface area contributed by atoms with Crippen molar-refractivity contribution < 1.29 is 19.1 Å². The van der Waals surface area contributed by atoms with Crippen LogP contribution < -0.4 is 0 Å². The molecule has 0 amide bonds. The molecular weight excluding hydrogens is 879 g/mol. The first-order valence-electron chi connectivity index (χ1n) is 30.6. The van der Waals surface area contributed by atoms with Crippen molar-refractivity contribution in [1.82, 2.24) is 0 Å². The van der Waals surface area contributed by atoms with Crippen LogP contribution in [0.1, 0.15) is 319 Å². The SMILES string of the molecule is CCCCCCCCCCCC[CH2][Ni][CH2]CCCCCCCCCCCC.CCCCCCc1cc(CCCCCC)cc(C2=CC=C(c3cc(CCCCCC)cc(CCCCCC)c3)[N+]2=[N-])c1. The van der Waals surface area contributed by atoms with Crippen molar-refractivity contribution in [2.75, 3.05) is 0 Å². The molecule has 0 bridgehead atoms. The van der Waals surface area contributed by atoms with E-state index in [0.717, 1.165) is 48.2 Å². The van der Waals surface area contributed by atoms with Crippen LogP contribution in [0.3, 0.4) is 0 Å². The molecule has 69 heavy (non-hydrogen) atoms. The van der Waals surface area contributed by atoms with E-state index < -0.39 is 0 Å². The Labute approximate surface area is 437 Å². The number of benzene rings is 2. The van der Waals surface area contributed by atoms with Gasteiger partial charge in [0.15, 0.2) is 0 Å². The molecular formula is C66H114N2Ni. The van der Waals surface area contributed by atoms with Gasteiger partial charge in [-0.15, -0.1) is 0 Å². The first kappa shape index (κ1) is 63.1. The minimum atomic E-state index is 0.910. The summed E-state index contributed by atoms with van der Waals surface area (Å²) in [5, 5.41) is 2.86. The summed E-state index contributed by atoms with van der Waals surface area (Å²) in [5.74, 6) is 0. The van der Waals surface area contributed by atoms with Gasteiger partial charge >= 0.3 is 166 Å². The van der Waals surface area contributed by atoms with Gasteiger partial charge in [-0.2, -0.15) is 0 Å². The maximum absolute atomic E-state index is 11.6. The second-order valence-corrected chi connectivity index (χ2v) is 22.8. The quantitative estimate of drug-likeness (QED) is 0.0359. The number of aryl methyl sites for hydroxylation is 4. The molecule has 0 aliphatic carbocycles. The Bertz CT molecular complexity index is 1390. The number of rotatable bonds is 46. The Kier molecular flexibility index (Phi) is 41.9. The van der Waals surface area contributed by atoms with Crippen LogP contribution in [0.2, 0.25) is 10.8 Å². The summed E-state index contributed by atoms with van der Waals surface area (Å²) >= 11 is 2.03. The second kappa shape index (κ2) is 45.8. The molecule has 0 fully saturated rings. The van der Waals surface area contributed by atoms with Crippen LogP contribution >= 0.6 is 0 Å². The normalized spacial score (nSPS) is 12.5. The summed E-state index contributed by atoms with van der Waals surface area (Å²) in [7, 11) is 0. The predicted molar refractivity (Wildman–Crippen MR) is 306 cm³/mol. The van der Waals surface area contributed by atoms with E-state index in [1.807, 2.05) is 14.4 Å². The molecule has 1 heterocycles. The molecule has 0 saturated carbocycles. The molecule has 0 N–H and O–H groups in total. The monoisotopic (exact) mass is 993 g/mol. The number of unbranched alkanes of at least 4 members (excludes halogenated alkanes) is 32. The Morgan fingerprint density at radius 3 is 0.754 bits per heavy atom. The molecule has 2 nitrogen and oxygen atoms in total. The Hall–Kier alpha value is -1.99. The zero-order valence-electron chi connectivity index (χ0n) is 46.9. The molecule has 2 aromatic rings. The van der Waals surface area contributed by atoms with Crippen LogP contribution in [0.4, 0.5) is 0 Å². The van der Waals surface area contributed by atoms with Crippen molar-refractivity contribution in [3.63, 3.8) is 0 Å². The number of hydrogen-bond donors (Lipinski definition) is 0. The van der Waals surface area contributed by atoms with E-state index in [4.69, 9.17) is 0 Å². The number of nitrogens with zero attached hydrogens (tertiary/aromatic N) is 2. The smallest absolute Gasteiger partial charge is 0.493 e. The molecule has 0 aromatic heterocycles. The summed E-state index contributed by atoms with van der Waals surface area (Å²) < 4.78 is 1.47. The van der Waals surface area contributed by atoms with Crippen LogP contribution in [0.15, 0.2) is 48.6 Å². The third kappa shape index (κ3) is 32.7. The Balaban J connectivity index is 0.000000525. The minimum absolute atomic E-state index is 0.910. The van der Waals surface area contributed by atoms with Crippen molar-refractivity contribution in [1.29, 1.82) is 0 Å². The van der Waals surface area contributed by atoms with E-state index in [1.54, 1.807) is 0 Å². The first-order valence-corrected chi connectivity index (χ1v) is 32.0. The predicted octanol–water partition coefficient (Wildman–Crippen LogP) is 23.1. The second-order valence-electron chi connectivity index (χ2n) is 21.3. The molecule has 3 rings (SSSR count). The van der Waals surface area contributed by atoms with E-state index in [9.17, 15) is 5.53 Å². The van der Waals surface area contributed by atoms with Gasteiger partial charge in [-0.1, -0.05) is 131 Å². The van der Waals surface area contributed by atoms with Crippen LogP contribution in [-0.4, -0.2) is 4.70 Å². The van der Waals surface area contributed by atoms with Gasteiger partial charge in [-0.05, 0) is 97.9 Å². The summed E-state index contributed by atoms with van der Waals surface area (Å²) in [6.07, 6.45) is 61.4. The summed E-state index contributed by atoms with van der Waals surface area (Å²) in [4.78, 5) is 0. The van der Waals surface area contributed by atoms with Crippen molar-refractivity contribution in [2.24, 2.45) is 0 Å². The minimum Gasteiger partial charge on any atom is -0.493 e. The van der Waals surface area contributed by atoms with E-state index in [0.29, 0.717) is 0 Å². The van der Waals surface area contributed by atoms with E-state index >= 15 is 0 Å². The Morgan fingerprint density at radius 2 is 0.507 bits per heavy atom. The summed E-state index contributed by atoms with van der Waals surface area (Å²) in [5.41, 5.74) is 21.4. The van der Waals surface area contributed by atoms with Crippen LogP contribution in [0, 0.1) is 0 Å². The molecule has 1 aliphatic rings. The fourth-order valence-electron chi connectivity index (χ4n) is 10.0. The van der Waals surface area contributed by atoms with Crippen molar-refractivity contribution >= 4 is 11.4 Å². The van der Waals surface area contributed by atoms with Gasteiger partial charge < -0.3 is 5.53 Å². The molecule has 0 unspecified atom stereocenters. The van der Waals surface area contributed by atoms with Gasteiger partial charge in [0, 0.05) is 23.3 Å². The summed E-state index contributed by atoms with van der Waals surface area (Å²) in [6.45, 7) is 13.7. The average Bonchev–Trinajstić information content (AvgIpc) is 3.75. The molecule has 1 aliphatic heterocycles. The molecule has 0 saturated heterocycles. The van der Waals surface area contributed by atoms with Gasteiger partial charge in [-0.25, -0.2) is 4.70 Å². The first-order chi connectivity index (χ1) is 34.0. The topological polar surface area (TPSA) is 25.3 Å². The zero-order valence-corrected chi connectivity index (χ0v) is 47.9. The number of allylic oxidation sites excluding steroid dienone is 2.